The van der Waals surface area contributed by atoms with Gasteiger partial charge in [0.1, 0.15) is 0 Å². The Bertz CT molecular complexity index is 794. The van der Waals surface area contributed by atoms with Gasteiger partial charge in [-0.25, -0.2) is 0 Å². The summed E-state index contributed by atoms with van der Waals surface area (Å²) in [7, 11) is 1.78. The highest BCUT2D eigenvalue weighted by molar-refractivity contribution is 7.10. The second kappa shape index (κ2) is 6.06. The van der Waals surface area contributed by atoms with Gasteiger partial charge in [0.2, 0.25) is 5.91 Å². The Labute approximate surface area is 145 Å². The lowest BCUT2D eigenvalue weighted by Gasteiger charge is -2.29. The van der Waals surface area contributed by atoms with Crippen LogP contribution in [0.4, 0.5) is 5.69 Å². The third-order valence-corrected chi connectivity index (χ3v) is 5.87. The Morgan fingerprint density at radius 2 is 2.00 bits per heavy atom. The average molecular weight is 340 g/mol. The van der Waals surface area contributed by atoms with Gasteiger partial charge in [0, 0.05) is 30.9 Å². The van der Waals surface area contributed by atoms with Crippen molar-refractivity contribution in [1.82, 2.24) is 4.90 Å². The molecule has 0 radical (unpaired) electrons. The number of fused-ring (bicyclic) bond motifs is 1. The molecule has 0 spiro atoms. The van der Waals surface area contributed by atoms with E-state index in [-0.39, 0.29) is 17.7 Å². The Kier molecular flexibility index (Phi) is 3.88. The van der Waals surface area contributed by atoms with E-state index in [1.54, 1.807) is 23.3 Å². The van der Waals surface area contributed by atoms with Crippen LogP contribution in [-0.4, -0.2) is 30.3 Å². The zero-order chi connectivity index (χ0) is 16.7. The van der Waals surface area contributed by atoms with Gasteiger partial charge in [0.15, 0.2) is 0 Å². The minimum atomic E-state index is 0.0119. The molecule has 0 saturated heterocycles. The van der Waals surface area contributed by atoms with Crippen LogP contribution < -0.4 is 4.90 Å². The van der Waals surface area contributed by atoms with Gasteiger partial charge in [-0.1, -0.05) is 12.1 Å². The number of benzene rings is 1. The number of rotatable bonds is 3. The zero-order valence-electron chi connectivity index (χ0n) is 13.7. The summed E-state index contributed by atoms with van der Waals surface area (Å²) in [5, 5.41) is 2.09. The van der Waals surface area contributed by atoms with Crippen molar-refractivity contribution in [1.29, 1.82) is 0 Å². The van der Waals surface area contributed by atoms with Crippen LogP contribution in [0.3, 0.4) is 0 Å². The summed E-state index contributed by atoms with van der Waals surface area (Å²) in [4.78, 5) is 30.4. The predicted molar refractivity (Wildman–Crippen MR) is 95.3 cm³/mol. The Hall–Kier alpha value is -2.14. The van der Waals surface area contributed by atoms with Crippen molar-refractivity contribution in [3.05, 3.63) is 51.7 Å². The molecular weight excluding hydrogens is 320 g/mol. The van der Waals surface area contributed by atoms with Gasteiger partial charge in [-0.3, -0.25) is 9.59 Å². The number of anilines is 1. The van der Waals surface area contributed by atoms with Crippen LogP contribution in [0.1, 0.15) is 33.6 Å². The molecule has 2 heterocycles. The van der Waals surface area contributed by atoms with E-state index in [4.69, 9.17) is 0 Å². The lowest BCUT2D eigenvalue weighted by Crippen LogP contribution is -2.37. The fourth-order valence-electron chi connectivity index (χ4n) is 3.26. The molecule has 4 rings (SSSR count). The quantitative estimate of drug-likeness (QED) is 0.860. The van der Waals surface area contributed by atoms with Crippen LogP contribution in [0, 0.1) is 5.92 Å². The first-order valence-corrected chi connectivity index (χ1v) is 9.24. The molecule has 2 aromatic rings. The van der Waals surface area contributed by atoms with Gasteiger partial charge in [-0.05, 0) is 48.4 Å². The van der Waals surface area contributed by atoms with Crippen molar-refractivity contribution in [3.8, 4) is 0 Å². The monoisotopic (exact) mass is 340 g/mol. The first kappa shape index (κ1) is 15.4. The van der Waals surface area contributed by atoms with Crippen molar-refractivity contribution >= 4 is 28.8 Å². The molecule has 124 valence electrons. The molecule has 0 N–H and O–H groups in total. The standard InChI is InChI=1S/C19H20N2O2S/c1-20(18(22)13-6-7-13)16-5-3-2-4-15(16)19(23)21-10-8-17-14(12-21)9-11-24-17/h2-5,9,11,13H,6-8,10,12H2,1H3. The van der Waals surface area contributed by atoms with Crippen molar-refractivity contribution in [2.24, 2.45) is 5.92 Å². The van der Waals surface area contributed by atoms with Crippen LogP contribution in [0.25, 0.3) is 0 Å². The van der Waals surface area contributed by atoms with E-state index in [9.17, 15) is 9.59 Å². The van der Waals surface area contributed by atoms with Gasteiger partial charge >= 0.3 is 0 Å². The van der Waals surface area contributed by atoms with E-state index >= 15 is 0 Å². The van der Waals surface area contributed by atoms with Crippen LogP contribution in [-0.2, 0) is 17.8 Å². The highest BCUT2D eigenvalue weighted by Crippen LogP contribution is 2.33. The molecule has 1 aromatic heterocycles. The molecule has 1 aromatic carbocycles. The Morgan fingerprint density at radius 3 is 2.79 bits per heavy atom. The van der Waals surface area contributed by atoms with Crippen molar-refractivity contribution in [3.63, 3.8) is 0 Å². The van der Waals surface area contributed by atoms with Gasteiger partial charge < -0.3 is 9.80 Å². The molecule has 1 aliphatic heterocycles. The van der Waals surface area contributed by atoms with Crippen molar-refractivity contribution < 1.29 is 9.59 Å². The molecule has 1 fully saturated rings. The number of hydrogen-bond acceptors (Lipinski definition) is 3. The zero-order valence-corrected chi connectivity index (χ0v) is 14.5. The van der Waals surface area contributed by atoms with E-state index in [1.165, 1.54) is 10.4 Å². The largest absolute Gasteiger partial charge is 0.334 e. The molecule has 0 unspecified atom stereocenters. The third kappa shape index (κ3) is 2.73. The smallest absolute Gasteiger partial charge is 0.256 e. The predicted octanol–water partition coefficient (Wildman–Crippen LogP) is 3.32. The third-order valence-electron chi connectivity index (χ3n) is 4.85. The maximum absolute atomic E-state index is 13.1. The second-order valence-electron chi connectivity index (χ2n) is 6.53. The number of nitrogens with zero attached hydrogens (tertiary/aromatic N) is 2. The lowest BCUT2D eigenvalue weighted by molar-refractivity contribution is -0.119. The Morgan fingerprint density at radius 1 is 1.21 bits per heavy atom. The van der Waals surface area contributed by atoms with E-state index in [0.717, 1.165) is 31.5 Å². The number of thiophene rings is 1. The molecule has 4 nitrogen and oxygen atoms in total. The molecular formula is C19H20N2O2S. The van der Waals surface area contributed by atoms with E-state index < -0.39 is 0 Å². The first-order valence-electron chi connectivity index (χ1n) is 8.36. The minimum Gasteiger partial charge on any atom is -0.334 e. The minimum absolute atomic E-state index is 0.0119. The molecule has 1 saturated carbocycles. The highest BCUT2D eigenvalue weighted by atomic mass is 32.1. The number of amides is 2. The number of carbonyl (C=O) groups excluding carboxylic acids is 2. The molecule has 1 aliphatic carbocycles. The van der Waals surface area contributed by atoms with Crippen LogP contribution in [0.2, 0.25) is 0 Å². The maximum atomic E-state index is 13.1. The van der Waals surface area contributed by atoms with Gasteiger partial charge in [-0.15, -0.1) is 11.3 Å². The van der Waals surface area contributed by atoms with Gasteiger partial charge in [0.25, 0.3) is 5.91 Å². The average Bonchev–Trinajstić information content (AvgIpc) is 3.37. The highest BCUT2D eigenvalue weighted by Gasteiger charge is 2.34. The van der Waals surface area contributed by atoms with Gasteiger partial charge in [-0.2, -0.15) is 0 Å². The number of para-hydroxylation sites is 1. The molecule has 0 atom stereocenters. The summed E-state index contributed by atoms with van der Waals surface area (Å²) >= 11 is 1.77. The fraction of sp³-hybridized carbons (Fsp3) is 0.368. The van der Waals surface area contributed by atoms with Crippen molar-refractivity contribution in [2.75, 3.05) is 18.5 Å². The Balaban J connectivity index is 1.60. The number of hydrogen-bond donors (Lipinski definition) is 0. The molecule has 5 heteroatoms. The SMILES string of the molecule is CN(C(=O)C1CC1)c1ccccc1C(=O)N1CCc2sccc2C1. The van der Waals surface area contributed by atoms with Crippen molar-refractivity contribution in [2.45, 2.75) is 25.8 Å². The van der Waals surface area contributed by atoms with Gasteiger partial charge in [0.05, 0.1) is 11.3 Å². The van der Waals surface area contributed by atoms with E-state index in [1.807, 2.05) is 29.2 Å². The van der Waals surface area contributed by atoms with E-state index in [2.05, 4.69) is 11.4 Å². The fourth-order valence-corrected chi connectivity index (χ4v) is 4.15. The normalized spacial score (nSPS) is 16.6. The topological polar surface area (TPSA) is 40.6 Å². The summed E-state index contributed by atoms with van der Waals surface area (Å²) < 4.78 is 0. The lowest BCUT2D eigenvalue weighted by atomic mass is 10.1. The second-order valence-corrected chi connectivity index (χ2v) is 7.54. The summed E-state index contributed by atoms with van der Waals surface area (Å²) in [6, 6.07) is 9.56. The molecule has 2 amide bonds. The summed E-state index contributed by atoms with van der Waals surface area (Å²) in [6.45, 7) is 1.40. The first-order chi connectivity index (χ1) is 11.6. The summed E-state index contributed by atoms with van der Waals surface area (Å²) in [5.74, 6) is 0.272. The van der Waals surface area contributed by atoms with Crippen LogP contribution in [0.5, 0.6) is 0 Å². The maximum Gasteiger partial charge on any atom is 0.256 e. The number of carbonyl (C=O) groups is 2. The molecule has 0 bridgehead atoms. The van der Waals surface area contributed by atoms with E-state index in [0.29, 0.717) is 12.1 Å². The summed E-state index contributed by atoms with van der Waals surface area (Å²) in [5.41, 5.74) is 2.59. The van der Waals surface area contributed by atoms with Crippen LogP contribution in [0.15, 0.2) is 35.7 Å². The van der Waals surface area contributed by atoms with Crippen LogP contribution >= 0.6 is 11.3 Å². The molecule has 2 aliphatic rings. The molecule has 24 heavy (non-hydrogen) atoms. The summed E-state index contributed by atoms with van der Waals surface area (Å²) in [6.07, 6.45) is 2.84.